The van der Waals surface area contributed by atoms with Gasteiger partial charge in [-0.05, 0) is 17.9 Å². The van der Waals surface area contributed by atoms with E-state index in [1.165, 1.54) is 4.88 Å². The number of amides is 2. The number of thiophene rings is 1. The van der Waals surface area contributed by atoms with Gasteiger partial charge in [-0.25, -0.2) is 4.79 Å². The highest BCUT2D eigenvalue weighted by Gasteiger charge is 2.22. The van der Waals surface area contributed by atoms with Crippen molar-refractivity contribution in [3.05, 3.63) is 34.7 Å². The number of aromatic nitrogens is 2. The van der Waals surface area contributed by atoms with E-state index in [4.69, 9.17) is 4.74 Å². The Morgan fingerprint density at radius 3 is 2.96 bits per heavy atom. The van der Waals surface area contributed by atoms with Crippen LogP contribution in [0.4, 0.5) is 10.6 Å². The molecule has 0 bridgehead atoms. The van der Waals surface area contributed by atoms with Gasteiger partial charge in [0, 0.05) is 49.4 Å². The number of ether oxygens (including phenoxy) is 1. The molecule has 0 aromatic carbocycles. The molecule has 0 saturated carbocycles. The molecule has 0 radical (unpaired) electrons. The predicted molar refractivity (Wildman–Crippen MR) is 93.1 cm³/mol. The maximum absolute atomic E-state index is 12.0. The summed E-state index contributed by atoms with van der Waals surface area (Å²) in [6.45, 7) is 6.25. The topological polar surface area (TPSA) is 68.2 Å². The first-order valence-corrected chi connectivity index (χ1v) is 8.50. The standard InChI is InChI=1S/C16H24N4O2S/c1-16(2,13-6-4-11-23-13)12-17-15(21)18-14-7-9-20(19-14)8-5-10-22-3/h4,6-7,9,11H,5,8,10,12H2,1-3H3,(H2,17,18,19,21). The molecule has 7 heteroatoms. The molecule has 6 nitrogen and oxygen atoms in total. The fourth-order valence-corrected chi connectivity index (χ4v) is 2.99. The fraction of sp³-hybridized carbons (Fsp3) is 0.500. The third kappa shape index (κ3) is 5.37. The Morgan fingerprint density at radius 2 is 2.26 bits per heavy atom. The van der Waals surface area contributed by atoms with Gasteiger partial charge in [-0.15, -0.1) is 11.3 Å². The van der Waals surface area contributed by atoms with Crippen LogP contribution in [0.2, 0.25) is 0 Å². The van der Waals surface area contributed by atoms with E-state index in [1.807, 2.05) is 17.6 Å². The number of carbonyl (C=O) groups is 1. The molecule has 2 aromatic heterocycles. The highest BCUT2D eigenvalue weighted by molar-refractivity contribution is 7.10. The zero-order chi connectivity index (χ0) is 16.7. The molecule has 0 aliphatic heterocycles. The minimum atomic E-state index is -0.239. The van der Waals surface area contributed by atoms with Crippen LogP contribution in [0.1, 0.15) is 25.1 Å². The summed E-state index contributed by atoms with van der Waals surface area (Å²) < 4.78 is 6.81. The summed E-state index contributed by atoms with van der Waals surface area (Å²) in [6.07, 6.45) is 2.74. The molecule has 0 saturated heterocycles. The molecule has 0 aliphatic carbocycles. The van der Waals surface area contributed by atoms with Crippen LogP contribution in [0.25, 0.3) is 0 Å². The van der Waals surface area contributed by atoms with Crippen molar-refractivity contribution in [2.24, 2.45) is 0 Å². The Balaban J connectivity index is 1.78. The molecule has 2 aromatic rings. The van der Waals surface area contributed by atoms with Gasteiger partial charge in [-0.2, -0.15) is 5.10 Å². The van der Waals surface area contributed by atoms with E-state index in [-0.39, 0.29) is 11.4 Å². The fourth-order valence-electron chi connectivity index (χ4n) is 2.14. The summed E-state index contributed by atoms with van der Waals surface area (Å²) in [5.74, 6) is 0.550. The molecule has 2 N–H and O–H groups in total. The van der Waals surface area contributed by atoms with Crippen LogP contribution in [0.15, 0.2) is 29.8 Å². The second kappa shape index (κ2) is 8.12. The number of rotatable bonds is 8. The summed E-state index contributed by atoms with van der Waals surface area (Å²) in [5.41, 5.74) is -0.0922. The van der Waals surface area contributed by atoms with Crippen molar-refractivity contribution in [3.63, 3.8) is 0 Å². The minimum Gasteiger partial charge on any atom is -0.385 e. The van der Waals surface area contributed by atoms with Crippen LogP contribution in [0.3, 0.4) is 0 Å². The number of hydrogen-bond donors (Lipinski definition) is 2. The van der Waals surface area contributed by atoms with E-state index in [0.717, 1.165) is 13.0 Å². The first kappa shape index (κ1) is 17.5. The largest absolute Gasteiger partial charge is 0.385 e. The van der Waals surface area contributed by atoms with E-state index in [1.54, 1.807) is 29.2 Å². The first-order chi connectivity index (χ1) is 11.0. The average molecular weight is 336 g/mol. The smallest absolute Gasteiger partial charge is 0.320 e. The molecule has 23 heavy (non-hydrogen) atoms. The first-order valence-electron chi connectivity index (χ1n) is 7.62. The summed E-state index contributed by atoms with van der Waals surface area (Å²) >= 11 is 1.70. The van der Waals surface area contributed by atoms with Crippen molar-refractivity contribution >= 4 is 23.2 Å². The van der Waals surface area contributed by atoms with Gasteiger partial charge in [0.25, 0.3) is 0 Å². The van der Waals surface area contributed by atoms with Gasteiger partial charge in [0.2, 0.25) is 0 Å². The monoisotopic (exact) mass is 336 g/mol. The van der Waals surface area contributed by atoms with Crippen LogP contribution < -0.4 is 10.6 Å². The third-order valence-corrected chi connectivity index (χ3v) is 4.73. The number of urea groups is 1. The number of nitrogens with one attached hydrogen (secondary N) is 2. The lowest BCUT2D eigenvalue weighted by molar-refractivity contribution is 0.189. The second-order valence-electron chi connectivity index (χ2n) is 5.98. The molecule has 0 spiro atoms. The highest BCUT2D eigenvalue weighted by Crippen LogP contribution is 2.26. The van der Waals surface area contributed by atoms with Gasteiger partial charge < -0.3 is 10.1 Å². The average Bonchev–Trinajstić information content (AvgIpc) is 3.18. The number of hydrogen-bond acceptors (Lipinski definition) is 4. The number of carbonyl (C=O) groups excluding carboxylic acids is 1. The Labute approximate surface area is 140 Å². The molecule has 2 rings (SSSR count). The quantitative estimate of drug-likeness (QED) is 0.728. The van der Waals surface area contributed by atoms with Gasteiger partial charge in [-0.3, -0.25) is 10.00 Å². The van der Waals surface area contributed by atoms with Gasteiger partial charge in [0.05, 0.1) is 0 Å². The minimum absolute atomic E-state index is 0.0922. The SMILES string of the molecule is COCCCn1ccc(NC(=O)NCC(C)(C)c2cccs2)n1. The lowest BCUT2D eigenvalue weighted by Crippen LogP contribution is -2.38. The Morgan fingerprint density at radius 1 is 1.43 bits per heavy atom. The molecule has 0 fully saturated rings. The summed E-state index contributed by atoms with van der Waals surface area (Å²) in [7, 11) is 1.68. The van der Waals surface area contributed by atoms with Gasteiger partial charge in [-0.1, -0.05) is 19.9 Å². The number of aryl methyl sites for hydroxylation is 1. The number of nitrogens with zero attached hydrogens (tertiary/aromatic N) is 2. The third-order valence-electron chi connectivity index (χ3n) is 3.50. The zero-order valence-electron chi connectivity index (χ0n) is 13.8. The van der Waals surface area contributed by atoms with Crippen molar-refractivity contribution in [1.29, 1.82) is 0 Å². The van der Waals surface area contributed by atoms with E-state index < -0.39 is 0 Å². The maximum Gasteiger partial charge on any atom is 0.320 e. The van der Waals surface area contributed by atoms with Crippen molar-refractivity contribution in [1.82, 2.24) is 15.1 Å². The van der Waals surface area contributed by atoms with Crippen LogP contribution in [0, 0.1) is 0 Å². The molecule has 0 unspecified atom stereocenters. The Hall–Kier alpha value is -1.86. The molecule has 2 heterocycles. The van der Waals surface area contributed by atoms with Crippen LogP contribution in [0.5, 0.6) is 0 Å². The normalized spacial score (nSPS) is 11.4. The summed E-state index contributed by atoms with van der Waals surface area (Å²) in [6, 6.07) is 5.66. The molecule has 0 atom stereocenters. The Kier molecular flexibility index (Phi) is 6.18. The summed E-state index contributed by atoms with van der Waals surface area (Å²) in [5, 5.41) is 12.0. The van der Waals surface area contributed by atoms with Gasteiger partial charge >= 0.3 is 6.03 Å². The molecule has 126 valence electrons. The van der Waals surface area contributed by atoms with E-state index >= 15 is 0 Å². The maximum atomic E-state index is 12.0. The lowest BCUT2D eigenvalue weighted by Gasteiger charge is -2.23. The van der Waals surface area contributed by atoms with Gasteiger partial charge in [0.1, 0.15) is 0 Å². The molecule has 2 amide bonds. The molecular weight excluding hydrogens is 312 g/mol. The van der Waals surface area contributed by atoms with Crippen molar-refractivity contribution < 1.29 is 9.53 Å². The predicted octanol–water partition coefficient (Wildman–Crippen LogP) is 3.08. The van der Waals surface area contributed by atoms with Crippen molar-refractivity contribution in [2.45, 2.75) is 32.2 Å². The van der Waals surface area contributed by atoms with Gasteiger partial charge in [0.15, 0.2) is 5.82 Å². The van der Waals surface area contributed by atoms with Crippen LogP contribution in [-0.2, 0) is 16.7 Å². The number of methoxy groups -OCH3 is 1. The van der Waals surface area contributed by atoms with E-state index in [9.17, 15) is 4.79 Å². The second-order valence-corrected chi connectivity index (χ2v) is 6.93. The van der Waals surface area contributed by atoms with Crippen LogP contribution in [-0.4, -0.2) is 36.1 Å². The molecule has 0 aliphatic rings. The summed E-state index contributed by atoms with van der Waals surface area (Å²) in [4.78, 5) is 13.3. The highest BCUT2D eigenvalue weighted by atomic mass is 32.1. The van der Waals surface area contributed by atoms with E-state index in [2.05, 4.69) is 35.6 Å². The number of anilines is 1. The Bertz CT molecular complexity index is 607. The zero-order valence-corrected chi connectivity index (χ0v) is 14.7. The molecular formula is C16H24N4O2S. The van der Waals surface area contributed by atoms with Crippen LogP contribution >= 0.6 is 11.3 Å². The van der Waals surface area contributed by atoms with Crippen molar-refractivity contribution in [3.8, 4) is 0 Å². The van der Waals surface area contributed by atoms with Crippen molar-refractivity contribution in [2.75, 3.05) is 25.6 Å². The lowest BCUT2D eigenvalue weighted by atomic mass is 9.91. The van der Waals surface area contributed by atoms with E-state index in [0.29, 0.717) is 19.0 Å².